The molecular formula is C10H16N2. The van der Waals surface area contributed by atoms with Crippen molar-refractivity contribution in [3.05, 3.63) is 24.4 Å². The largest absolute Gasteiger partial charge is 0.284 e. The van der Waals surface area contributed by atoms with Crippen LogP contribution in [0, 0.1) is 11.8 Å². The zero-order valence-corrected chi connectivity index (χ0v) is 7.75. The van der Waals surface area contributed by atoms with E-state index in [9.17, 15) is 0 Å². The van der Waals surface area contributed by atoms with Gasteiger partial charge in [0.1, 0.15) is 0 Å². The van der Waals surface area contributed by atoms with Crippen LogP contribution in [-0.2, 0) is 0 Å². The molecule has 0 saturated carbocycles. The summed E-state index contributed by atoms with van der Waals surface area (Å²) in [6.07, 6.45) is 7.24. The van der Waals surface area contributed by atoms with Gasteiger partial charge in [-0.1, -0.05) is 19.1 Å². The van der Waals surface area contributed by atoms with Crippen LogP contribution in [0.4, 0.5) is 0 Å². The van der Waals surface area contributed by atoms with Gasteiger partial charge in [-0.3, -0.25) is 5.43 Å². The summed E-state index contributed by atoms with van der Waals surface area (Å²) in [6, 6.07) is 0. The molecule has 66 valence electrons. The second-order valence-electron chi connectivity index (χ2n) is 3.35. The van der Waals surface area contributed by atoms with Gasteiger partial charge in [-0.2, -0.15) is 5.10 Å². The van der Waals surface area contributed by atoms with Crippen LogP contribution < -0.4 is 5.43 Å². The van der Waals surface area contributed by atoms with Gasteiger partial charge in [0.2, 0.25) is 0 Å². The highest BCUT2D eigenvalue weighted by molar-refractivity contribution is 5.64. The highest BCUT2D eigenvalue weighted by Crippen LogP contribution is 2.15. The van der Waals surface area contributed by atoms with Crippen molar-refractivity contribution in [2.45, 2.75) is 20.3 Å². The molecule has 1 rings (SSSR count). The average Bonchev–Trinajstić information content (AvgIpc) is 2.04. The van der Waals surface area contributed by atoms with Gasteiger partial charge in [-0.25, -0.2) is 0 Å². The van der Waals surface area contributed by atoms with Gasteiger partial charge in [-0.15, -0.1) is 6.58 Å². The first kappa shape index (κ1) is 9.04. The van der Waals surface area contributed by atoms with E-state index in [1.54, 1.807) is 0 Å². The molecule has 12 heavy (non-hydrogen) atoms. The number of allylic oxidation sites excluding steroid dienone is 3. The predicted molar refractivity (Wildman–Crippen MR) is 52.9 cm³/mol. The molecule has 0 radical (unpaired) electrons. The second kappa shape index (κ2) is 4.10. The Kier molecular flexibility index (Phi) is 3.09. The highest BCUT2D eigenvalue weighted by atomic mass is 15.3. The van der Waals surface area contributed by atoms with E-state index in [-0.39, 0.29) is 0 Å². The molecule has 0 spiro atoms. The fourth-order valence-electron chi connectivity index (χ4n) is 1.29. The number of hydrogen-bond donors (Lipinski definition) is 1. The monoisotopic (exact) mass is 164 g/mol. The summed E-state index contributed by atoms with van der Waals surface area (Å²) in [6.45, 7) is 7.97. The van der Waals surface area contributed by atoms with E-state index in [4.69, 9.17) is 0 Å². The summed E-state index contributed by atoms with van der Waals surface area (Å²) >= 11 is 0. The zero-order chi connectivity index (χ0) is 8.97. The molecule has 1 heterocycles. The van der Waals surface area contributed by atoms with E-state index in [1.165, 1.54) is 0 Å². The lowest BCUT2D eigenvalue weighted by atomic mass is 9.95. The first-order chi connectivity index (χ1) is 5.72. The minimum atomic E-state index is 0.472. The molecule has 0 aromatic heterocycles. The third-order valence-electron chi connectivity index (χ3n) is 2.02. The van der Waals surface area contributed by atoms with Crippen LogP contribution in [0.3, 0.4) is 0 Å². The molecule has 0 bridgehead atoms. The molecule has 0 aliphatic carbocycles. The van der Waals surface area contributed by atoms with Crippen molar-refractivity contribution in [2.75, 3.05) is 0 Å². The van der Waals surface area contributed by atoms with Crippen molar-refractivity contribution >= 4 is 6.21 Å². The molecular weight excluding hydrogens is 148 g/mol. The Bertz CT molecular complexity index is 216. The summed E-state index contributed by atoms with van der Waals surface area (Å²) in [5, 5.41) is 4.05. The van der Waals surface area contributed by atoms with Crippen LogP contribution in [0.2, 0.25) is 0 Å². The molecule has 0 amide bonds. The summed E-state index contributed by atoms with van der Waals surface area (Å²) in [4.78, 5) is 0. The Hall–Kier alpha value is -1.05. The Balaban J connectivity index is 2.47. The van der Waals surface area contributed by atoms with Gasteiger partial charge in [0, 0.05) is 17.8 Å². The minimum absolute atomic E-state index is 0.472. The molecule has 0 saturated heterocycles. The molecule has 0 aromatic carbocycles. The molecule has 2 heteroatoms. The normalized spacial score (nSPS) is 24.2. The quantitative estimate of drug-likeness (QED) is 0.636. The van der Waals surface area contributed by atoms with Crippen LogP contribution in [0.25, 0.3) is 0 Å². The summed E-state index contributed by atoms with van der Waals surface area (Å²) < 4.78 is 0. The van der Waals surface area contributed by atoms with Crippen LogP contribution in [0.15, 0.2) is 29.5 Å². The van der Waals surface area contributed by atoms with Crippen molar-refractivity contribution in [3.8, 4) is 0 Å². The highest BCUT2D eigenvalue weighted by Gasteiger charge is 2.09. The maximum absolute atomic E-state index is 4.05. The third kappa shape index (κ3) is 2.53. The van der Waals surface area contributed by atoms with Gasteiger partial charge < -0.3 is 0 Å². The lowest BCUT2D eigenvalue weighted by molar-refractivity contribution is 0.593. The molecule has 1 N–H and O–H groups in total. The predicted octanol–water partition coefficient (Wildman–Crippen LogP) is 2.31. The number of nitrogens with one attached hydrogen (secondary N) is 1. The number of rotatable bonds is 3. The smallest absolute Gasteiger partial charge is 0.0316 e. The van der Waals surface area contributed by atoms with Gasteiger partial charge in [-0.05, 0) is 19.3 Å². The van der Waals surface area contributed by atoms with Crippen LogP contribution in [0.1, 0.15) is 20.3 Å². The third-order valence-corrected chi connectivity index (χ3v) is 2.02. The standard InChI is InChI=1S/C10H16N2/c1-4-8(2)5-10-6-9(3)12-11-7-10/h4,6-8,10,12H,1,5H2,2-3H3. The molecule has 1 aliphatic heterocycles. The van der Waals surface area contributed by atoms with E-state index >= 15 is 0 Å². The topological polar surface area (TPSA) is 24.4 Å². The Morgan fingerprint density at radius 3 is 3.17 bits per heavy atom. The fourth-order valence-corrected chi connectivity index (χ4v) is 1.29. The summed E-state index contributed by atoms with van der Waals surface area (Å²) in [5.74, 6) is 1.03. The first-order valence-electron chi connectivity index (χ1n) is 4.32. The van der Waals surface area contributed by atoms with E-state index in [0.29, 0.717) is 11.8 Å². The first-order valence-corrected chi connectivity index (χ1v) is 4.32. The molecule has 0 fully saturated rings. The zero-order valence-electron chi connectivity index (χ0n) is 7.75. The molecule has 2 nitrogen and oxygen atoms in total. The molecule has 2 unspecified atom stereocenters. The summed E-state index contributed by atoms with van der Waals surface area (Å²) in [7, 11) is 0. The van der Waals surface area contributed by atoms with Gasteiger partial charge >= 0.3 is 0 Å². The molecule has 1 aliphatic rings. The van der Waals surface area contributed by atoms with E-state index in [2.05, 4.69) is 30.1 Å². The minimum Gasteiger partial charge on any atom is -0.284 e. The van der Waals surface area contributed by atoms with Crippen molar-refractivity contribution in [3.63, 3.8) is 0 Å². The lowest BCUT2D eigenvalue weighted by Gasteiger charge is -2.15. The summed E-state index contributed by atoms with van der Waals surface area (Å²) in [5.41, 5.74) is 4.05. The van der Waals surface area contributed by atoms with Crippen LogP contribution in [-0.4, -0.2) is 6.21 Å². The van der Waals surface area contributed by atoms with Crippen LogP contribution in [0.5, 0.6) is 0 Å². The number of nitrogens with zero attached hydrogens (tertiary/aromatic N) is 1. The maximum Gasteiger partial charge on any atom is 0.0316 e. The number of hydrogen-bond acceptors (Lipinski definition) is 2. The second-order valence-corrected chi connectivity index (χ2v) is 3.35. The maximum atomic E-state index is 4.05. The Labute approximate surface area is 74.1 Å². The molecule has 0 aromatic rings. The van der Waals surface area contributed by atoms with E-state index in [1.807, 2.05) is 19.2 Å². The van der Waals surface area contributed by atoms with Crippen molar-refractivity contribution in [1.82, 2.24) is 5.43 Å². The van der Waals surface area contributed by atoms with Crippen molar-refractivity contribution in [2.24, 2.45) is 16.9 Å². The van der Waals surface area contributed by atoms with E-state index in [0.717, 1.165) is 12.1 Å². The van der Waals surface area contributed by atoms with Gasteiger partial charge in [0.05, 0.1) is 0 Å². The Morgan fingerprint density at radius 1 is 1.83 bits per heavy atom. The van der Waals surface area contributed by atoms with Crippen molar-refractivity contribution in [1.29, 1.82) is 0 Å². The lowest BCUT2D eigenvalue weighted by Crippen LogP contribution is -2.15. The van der Waals surface area contributed by atoms with E-state index < -0.39 is 0 Å². The fraction of sp³-hybridized carbons (Fsp3) is 0.500. The average molecular weight is 164 g/mol. The van der Waals surface area contributed by atoms with Crippen LogP contribution >= 0.6 is 0 Å². The number of hydrazone groups is 1. The van der Waals surface area contributed by atoms with Gasteiger partial charge in [0.25, 0.3) is 0 Å². The molecule has 2 atom stereocenters. The van der Waals surface area contributed by atoms with Gasteiger partial charge in [0.15, 0.2) is 0 Å². The van der Waals surface area contributed by atoms with Crippen molar-refractivity contribution < 1.29 is 0 Å². The Morgan fingerprint density at radius 2 is 2.58 bits per heavy atom. The SMILES string of the molecule is C=CC(C)CC1C=NNC(C)=C1.